The third-order valence-corrected chi connectivity index (χ3v) is 3.65. The maximum atomic E-state index is 13.1. The molecule has 2 N–H and O–H groups in total. The van der Waals surface area contributed by atoms with Gasteiger partial charge in [-0.1, -0.05) is 0 Å². The van der Waals surface area contributed by atoms with E-state index in [2.05, 4.69) is 22.2 Å². The molecule has 1 unspecified atom stereocenters. The van der Waals surface area contributed by atoms with E-state index in [1.54, 1.807) is 6.07 Å². The summed E-state index contributed by atoms with van der Waals surface area (Å²) in [5, 5.41) is 4.67. The van der Waals surface area contributed by atoms with Crippen molar-refractivity contribution in [1.82, 2.24) is 15.2 Å². The van der Waals surface area contributed by atoms with Gasteiger partial charge < -0.3 is 15.2 Å². The highest BCUT2D eigenvalue weighted by Gasteiger charge is 2.18. The molecule has 18 heavy (non-hydrogen) atoms. The van der Waals surface area contributed by atoms with Gasteiger partial charge in [0.1, 0.15) is 5.82 Å². The van der Waals surface area contributed by atoms with Gasteiger partial charge in [-0.05, 0) is 37.2 Å². The van der Waals surface area contributed by atoms with Gasteiger partial charge in [-0.3, -0.25) is 0 Å². The summed E-state index contributed by atoms with van der Waals surface area (Å²) < 4.78 is 13.1. The molecule has 1 aliphatic rings. The van der Waals surface area contributed by atoms with E-state index in [-0.39, 0.29) is 5.82 Å². The molecule has 2 aromatic rings. The van der Waals surface area contributed by atoms with Crippen LogP contribution in [0.3, 0.4) is 0 Å². The zero-order valence-electron chi connectivity index (χ0n) is 10.5. The molecule has 0 spiro atoms. The van der Waals surface area contributed by atoms with Crippen molar-refractivity contribution in [2.45, 2.75) is 12.5 Å². The highest BCUT2D eigenvalue weighted by atomic mass is 19.1. The second-order valence-electron chi connectivity index (χ2n) is 5.12. The lowest BCUT2D eigenvalue weighted by atomic mass is 10.0. The predicted molar refractivity (Wildman–Crippen MR) is 71.2 cm³/mol. The molecule has 0 saturated carbocycles. The van der Waals surface area contributed by atoms with Crippen molar-refractivity contribution in [3.05, 3.63) is 35.8 Å². The third-order valence-electron chi connectivity index (χ3n) is 3.65. The number of likely N-dealkylation sites (N-methyl/N-ethyl adjacent to an activating group) is 1. The van der Waals surface area contributed by atoms with Crippen molar-refractivity contribution in [2.24, 2.45) is 0 Å². The summed E-state index contributed by atoms with van der Waals surface area (Å²) in [7, 11) is 2.15. The van der Waals surface area contributed by atoms with E-state index < -0.39 is 0 Å². The molecule has 2 heterocycles. The SMILES string of the molecule is CN1CCNC(Cc2c[nH]c3cc(F)ccc23)C1. The molecule has 1 saturated heterocycles. The number of hydrogen-bond donors (Lipinski definition) is 2. The van der Waals surface area contributed by atoms with Crippen LogP contribution >= 0.6 is 0 Å². The van der Waals surface area contributed by atoms with Crippen LogP contribution in [-0.4, -0.2) is 42.6 Å². The number of benzene rings is 1. The lowest BCUT2D eigenvalue weighted by molar-refractivity contribution is 0.238. The van der Waals surface area contributed by atoms with Gasteiger partial charge in [0.2, 0.25) is 0 Å². The van der Waals surface area contributed by atoms with Gasteiger partial charge in [0, 0.05) is 42.8 Å². The standard InChI is InChI=1S/C14H18FN3/c1-18-5-4-16-12(9-18)6-10-8-17-14-7-11(15)2-3-13(10)14/h2-3,7-8,12,16-17H,4-6,9H2,1H3. The van der Waals surface area contributed by atoms with Gasteiger partial charge in [-0.25, -0.2) is 4.39 Å². The minimum atomic E-state index is -0.188. The summed E-state index contributed by atoms with van der Waals surface area (Å²) in [5.74, 6) is -0.188. The molecule has 1 fully saturated rings. The van der Waals surface area contributed by atoms with E-state index in [9.17, 15) is 4.39 Å². The Morgan fingerprint density at radius 1 is 1.44 bits per heavy atom. The molecule has 3 rings (SSSR count). The summed E-state index contributed by atoms with van der Waals surface area (Å²) in [6.07, 6.45) is 2.98. The Morgan fingerprint density at radius 2 is 2.33 bits per heavy atom. The fourth-order valence-electron chi connectivity index (χ4n) is 2.72. The quantitative estimate of drug-likeness (QED) is 0.847. The Balaban J connectivity index is 1.82. The molecule has 0 amide bonds. The van der Waals surface area contributed by atoms with E-state index in [1.807, 2.05) is 12.3 Å². The number of aromatic nitrogens is 1. The van der Waals surface area contributed by atoms with Crippen LogP contribution in [-0.2, 0) is 6.42 Å². The molecule has 0 radical (unpaired) electrons. The number of rotatable bonds is 2. The third kappa shape index (κ3) is 2.26. The lowest BCUT2D eigenvalue weighted by Crippen LogP contribution is -2.49. The van der Waals surface area contributed by atoms with Crippen molar-refractivity contribution in [3.8, 4) is 0 Å². The zero-order valence-corrected chi connectivity index (χ0v) is 10.5. The first-order valence-electron chi connectivity index (χ1n) is 6.40. The number of aromatic amines is 1. The molecule has 1 aromatic carbocycles. The number of nitrogens with one attached hydrogen (secondary N) is 2. The van der Waals surface area contributed by atoms with E-state index in [4.69, 9.17) is 0 Å². The summed E-state index contributed by atoms with van der Waals surface area (Å²) in [6, 6.07) is 5.43. The molecule has 1 aliphatic heterocycles. The Labute approximate surface area is 106 Å². The van der Waals surface area contributed by atoms with Crippen LogP contribution in [0.5, 0.6) is 0 Å². The predicted octanol–water partition coefficient (Wildman–Crippen LogP) is 1.75. The zero-order chi connectivity index (χ0) is 12.5. The molecule has 0 bridgehead atoms. The van der Waals surface area contributed by atoms with Gasteiger partial charge >= 0.3 is 0 Å². The van der Waals surface area contributed by atoms with E-state index in [1.165, 1.54) is 11.6 Å². The summed E-state index contributed by atoms with van der Waals surface area (Å²) in [4.78, 5) is 5.49. The normalized spacial score (nSPS) is 21.6. The second kappa shape index (κ2) is 4.71. The van der Waals surface area contributed by atoms with Crippen molar-refractivity contribution >= 4 is 10.9 Å². The average molecular weight is 247 g/mol. The van der Waals surface area contributed by atoms with Gasteiger partial charge in [0.05, 0.1) is 0 Å². The van der Waals surface area contributed by atoms with Gasteiger partial charge in [-0.2, -0.15) is 0 Å². The van der Waals surface area contributed by atoms with E-state index in [0.29, 0.717) is 6.04 Å². The second-order valence-corrected chi connectivity index (χ2v) is 5.12. The van der Waals surface area contributed by atoms with Crippen molar-refractivity contribution in [3.63, 3.8) is 0 Å². The molecule has 0 aliphatic carbocycles. The molecular formula is C14H18FN3. The van der Waals surface area contributed by atoms with Crippen LogP contribution in [0.4, 0.5) is 4.39 Å². The lowest BCUT2D eigenvalue weighted by Gasteiger charge is -2.30. The first-order valence-corrected chi connectivity index (χ1v) is 6.40. The smallest absolute Gasteiger partial charge is 0.125 e. The summed E-state index contributed by atoms with van der Waals surface area (Å²) >= 11 is 0. The largest absolute Gasteiger partial charge is 0.361 e. The van der Waals surface area contributed by atoms with Crippen LogP contribution in [0.25, 0.3) is 10.9 Å². The number of nitrogens with zero attached hydrogens (tertiary/aromatic N) is 1. The highest BCUT2D eigenvalue weighted by Crippen LogP contribution is 2.21. The number of halogens is 1. The monoisotopic (exact) mass is 247 g/mol. The van der Waals surface area contributed by atoms with Crippen molar-refractivity contribution in [1.29, 1.82) is 0 Å². The topological polar surface area (TPSA) is 31.1 Å². The Kier molecular flexibility index (Phi) is 3.06. The van der Waals surface area contributed by atoms with Crippen molar-refractivity contribution < 1.29 is 4.39 Å². The van der Waals surface area contributed by atoms with E-state index in [0.717, 1.165) is 37.0 Å². The highest BCUT2D eigenvalue weighted by molar-refractivity contribution is 5.83. The minimum Gasteiger partial charge on any atom is -0.361 e. The fourth-order valence-corrected chi connectivity index (χ4v) is 2.72. The molecule has 1 atom stereocenters. The number of H-pyrrole nitrogens is 1. The van der Waals surface area contributed by atoms with E-state index >= 15 is 0 Å². The molecule has 4 heteroatoms. The number of hydrogen-bond acceptors (Lipinski definition) is 2. The van der Waals surface area contributed by atoms with Crippen LogP contribution < -0.4 is 5.32 Å². The van der Waals surface area contributed by atoms with Gasteiger partial charge in [0.25, 0.3) is 0 Å². The molecular weight excluding hydrogens is 229 g/mol. The molecule has 1 aromatic heterocycles. The Morgan fingerprint density at radius 3 is 3.17 bits per heavy atom. The molecule has 96 valence electrons. The maximum Gasteiger partial charge on any atom is 0.125 e. The number of piperazine rings is 1. The number of fused-ring (bicyclic) bond motifs is 1. The Bertz CT molecular complexity index is 549. The van der Waals surface area contributed by atoms with Crippen molar-refractivity contribution in [2.75, 3.05) is 26.7 Å². The maximum absolute atomic E-state index is 13.1. The summed E-state index contributed by atoms with van der Waals surface area (Å²) in [6.45, 7) is 3.21. The Hall–Kier alpha value is -1.39. The van der Waals surface area contributed by atoms with Crippen LogP contribution in [0.2, 0.25) is 0 Å². The van der Waals surface area contributed by atoms with Crippen LogP contribution in [0.1, 0.15) is 5.56 Å². The minimum absolute atomic E-state index is 0.188. The average Bonchev–Trinajstić information content (AvgIpc) is 2.72. The van der Waals surface area contributed by atoms with Gasteiger partial charge in [-0.15, -0.1) is 0 Å². The fraction of sp³-hybridized carbons (Fsp3) is 0.429. The van der Waals surface area contributed by atoms with Crippen LogP contribution in [0, 0.1) is 5.82 Å². The van der Waals surface area contributed by atoms with Gasteiger partial charge in [0.15, 0.2) is 0 Å². The van der Waals surface area contributed by atoms with Crippen LogP contribution in [0.15, 0.2) is 24.4 Å². The summed E-state index contributed by atoms with van der Waals surface area (Å²) in [5.41, 5.74) is 2.15. The first-order chi connectivity index (χ1) is 8.72. The molecule has 3 nitrogen and oxygen atoms in total. The first kappa shape index (κ1) is 11.7.